The van der Waals surface area contributed by atoms with Gasteiger partial charge in [0.2, 0.25) is 0 Å². The van der Waals surface area contributed by atoms with E-state index in [9.17, 15) is 0 Å². The molecule has 0 aromatic carbocycles. The van der Waals surface area contributed by atoms with Gasteiger partial charge < -0.3 is 5.48 Å². The van der Waals surface area contributed by atoms with Crippen LogP contribution in [0.5, 0.6) is 0 Å². The van der Waals surface area contributed by atoms with Crippen LogP contribution in [0.15, 0.2) is 0 Å². The molecule has 2 nitrogen and oxygen atoms in total. The first kappa shape index (κ1) is 60.5. The minimum Gasteiger partial charge on any atom is -2.00 e. The maximum absolute atomic E-state index is 0. The first-order chi connectivity index (χ1) is 0. The van der Waals surface area contributed by atoms with Crippen LogP contribution >= 0.6 is 0 Å². The largest absolute Gasteiger partial charge is 4.00 e. The van der Waals surface area contributed by atoms with Crippen molar-refractivity contribution in [1.82, 2.24) is 0 Å². The molecule has 0 saturated heterocycles. The van der Waals surface area contributed by atoms with Gasteiger partial charge in [-0.05, 0) is 0 Å². The molecule has 12 valence electrons. The molecule has 0 saturated carbocycles. The Labute approximate surface area is 108 Å². The Morgan fingerprint density at radius 1 is 0.833 bits per heavy atom. The summed E-state index contributed by atoms with van der Waals surface area (Å²) >= 11 is 0. The minimum absolute atomic E-state index is 0. The smallest absolute Gasteiger partial charge is 2.00 e. The molecule has 0 rings (SSSR count). The zero-order chi connectivity index (χ0) is 0. The Hall–Kier alpha value is 3.19. The van der Waals surface area contributed by atoms with Crippen molar-refractivity contribution in [1.29, 1.82) is 0 Å². The third-order valence-corrected chi connectivity index (χ3v) is 0. The Kier molecular flexibility index (Phi) is 419. The molecule has 0 aliphatic heterocycles. The molecule has 0 spiro atoms. The Balaban J connectivity index is 0. The van der Waals surface area contributed by atoms with E-state index in [0.29, 0.717) is 0 Å². The Morgan fingerprint density at radius 3 is 0.833 bits per heavy atom. The normalized spacial score (nSPS) is 0. The van der Waals surface area contributed by atoms with E-state index in [1.807, 2.05) is 0 Å². The van der Waals surface area contributed by atoms with Gasteiger partial charge >= 0.3 is 105 Å². The molecule has 0 aliphatic carbocycles. The Morgan fingerprint density at radius 2 is 0.833 bits per heavy atom. The summed E-state index contributed by atoms with van der Waals surface area (Å²) in [4.78, 5) is 0. The molecule has 0 unspecified atom stereocenters. The van der Waals surface area contributed by atoms with E-state index in [2.05, 4.69) is 0 Å². The monoisotopic (exact) mass is 275 g/mol. The molecule has 0 amide bonds. The summed E-state index contributed by atoms with van der Waals surface area (Å²) in [5, 5.41) is 0. The van der Waals surface area contributed by atoms with E-state index in [-0.39, 0.29) is 110 Å². The summed E-state index contributed by atoms with van der Waals surface area (Å²) in [6.45, 7) is 0. The zero-order valence-electron chi connectivity index (χ0n) is 3.89. The molecule has 0 aliphatic rings. The van der Waals surface area contributed by atoms with Crippen molar-refractivity contribution in [2.75, 3.05) is 0 Å². The molecule has 0 N–H and O–H groups in total. The van der Waals surface area contributed by atoms with Crippen LogP contribution in [0.4, 0.5) is 0 Å². The average molecular weight is 276 g/mol. The van der Waals surface area contributed by atoms with Crippen molar-refractivity contribution in [2.24, 2.45) is 0 Å². The van der Waals surface area contributed by atoms with Gasteiger partial charge in [-0.2, -0.15) is 0 Å². The van der Waals surface area contributed by atoms with Crippen molar-refractivity contribution in [3.63, 3.8) is 0 Å². The first-order valence-electron chi connectivity index (χ1n) is 0. The quantitative estimate of drug-likeness (QED) is 0.395. The van der Waals surface area contributed by atoms with E-state index in [1.165, 1.54) is 0 Å². The van der Waals surface area contributed by atoms with Gasteiger partial charge in [-0.3, -0.25) is 0 Å². The maximum atomic E-state index is 0. The molecule has 0 aromatic heterocycles. The second kappa shape index (κ2) is 41.6. The van der Waals surface area contributed by atoms with Crippen LogP contribution in [0.2, 0.25) is 0 Å². The zero-order valence-corrected chi connectivity index (χ0v) is 9.98. The van der Waals surface area contributed by atoms with E-state index in [4.69, 9.17) is 0 Å². The number of hydrogen-bond donors (Lipinski definition) is 0. The van der Waals surface area contributed by atoms with Crippen LogP contribution in [-0.4, -0.2) is 0 Å². The third-order valence-electron chi connectivity index (χ3n) is 0. The van der Waals surface area contributed by atoms with E-state index < -0.39 is 0 Å². The van der Waals surface area contributed by atoms with E-state index in [1.54, 1.807) is 0 Å². The van der Waals surface area contributed by atoms with Crippen LogP contribution in [0.1, 0.15) is 0 Å². The summed E-state index contributed by atoms with van der Waals surface area (Å²) in [5.41, 5.74) is 0. The van der Waals surface area contributed by atoms with Crippen molar-refractivity contribution in [3.05, 3.63) is 0 Å². The fraction of sp³-hybridized carbons (Fsp3) is 0. The third kappa shape index (κ3) is 27.1. The van der Waals surface area contributed by atoms with Gasteiger partial charge in [0.1, 0.15) is 0 Å². The summed E-state index contributed by atoms with van der Waals surface area (Å²) in [7, 11) is 0. The molecule has 0 atom stereocenters. The van der Waals surface area contributed by atoms with E-state index >= 15 is 0 Å². The number of hydrogen-bond acceptors (Lipinski definition) is 0. The number of rotatable bonds is 0. The van der Waals surface area contributed by atoms with Crippen molar-refractivity contribution in [3.8, 4) is 0 Å². The fourth-order valence-electron chi connectivity index (χ4n) is 0. The van der Waals surface area contributed by atoms with Crippen molar-refractivity contribution < 1.29 is 110 Å². The van der Waals surface area contributed by atoms with Crippen LogP contribution < -0.4 is 37.7 Å². The molecule has 0 heterocycles. The summed E-state index contributed by atoms with van der Waals surface area (Å²) < 4.78 is 0. The average Bonchev–Trinajstić information content (AvgIpc) is 0. The second-order valence-electron chi connectivity index (χ2n) is 0. The summed E-state index contributed by atoms with van der Waals surface area (Å²) in [6.07, 6.45) is 0. The predicted molar refractivity (Wildman–Crippen MR) is 1.37 cm³/mol. The van der Waals surface area contributed by atoms with Gasteiger partial charge in [0, 0.05) is 0 Å². The SMILES string of the molecule is [La+3].[Li+].[Li+].[O+2].[O-2].[Zr+4]. The Bertz CT molecular complexity index is 11.5. The van der Waals surface area contributed by atoms with Gasteiger partial charge in [0.15, 0.2) is 0 Å². The van der Waals surface area contributed by atoms with Gasteiger partial charge in [-0.15, -0.1) is 0 Å². The summed E-state index contributed by atoms with van der Waals surface area (Å²) in [6, 6.07) is 0. The standard InChI is InChI=1S/La.2Li.2O.Zr/q+3;2*+1;-2;+2;+4. The predicted octanol–water partition coefficient (Wildman–Crippen LogP) is -6.23. The fourth-order valence-corrected chi connectivity index (χ4v) is 0. The van der Waals surface area contributed by atoms with Gasteiger partial charge in [-0.1, -0.05) is 0 Å². The first-order valence-corrected chi connectivity index (χ1v) is 0. The molecule has 6 heteroatoms. The van der Waals surface area contributed by atoms with Gasteiger partial charge in [0.25, 0.3) is 0 Å². The topological polar surface area (TPSA) is 57.0 Å². The van der Waals surface area contributed by atoms with Crippen LogP contribution in [0.3, 0.4) is 0 Å². The van der Waals surface area contributed by atoms with Crippen molar-refractivity contribution in [2.45, 2.75) is 0 Å². The molecular formula is LaLi2O2Zr+9. The minimum atomic E-state index is 0. The maximum Gasteiger partial charge on any atom is 4.00 e. The van der Waals surface area contributed by atoms with Gasteiger partial charge in [-0.25, -0.2) is 0 Å². The van der Waals surface area contributed by atoms with Crippen molar-refractivity contribution >= 4 is 0 Å². The second-order valence-corrected chi connectivity index (χ2v) is 0. The van der Waals surface area contributed by atoms with Gasteiger partial charge in [0.05, 0.1) is 0 Å². The van der Waals surface area contributed by atoms with Crippen LogP contribution in [0.25, 0.3) is 0 Å². The molecule has 4 radical (unpaired) electrons. The molecular weight excluding hydrogens is 276 g/mol. The molecule has 6 heavy (non-hydrogen) atoms. The molecule has 0 bridgehead atoms. The molecule has 0 aromatic rings. The molecule has 0 fully saturated rings. The van der Waals surface area contributed by atoms with E-state index in [0.717, 1.165) is 0 Å². The van der Waals surface area contributed by atoms with Crippen LogP contribution in [0, 0.1) is 35.6 Å². The summed E-state index contributed by atoms with van der Waals surface area (Å²) in [5.74, 6) is 0. The van der Waals surface area contributed by atoms with Crippen LogP contribution in [-0.2, 0) is 37.2 Å².